The lowest BCUT2D eigenvalue weighted by Crippen LogP contribution is -2.32. The SMILES string of the molecule is COc1cccc(CNC(=O)CC[C@H]2NC(=O)N(Cc3ccccc3)C2=O)c1. The molecule has 1 atom stereocenters. The van der Waals surface area contributed by atoms with Crippen LogP contribution < -0.4 is 15.4 Å². The molecule has 28 heavy (non-hydrogen) atoms. The number of carbonyl (C=O) groups excluding carboxylic acids is 3. The van der Waals surface area contributed by atoms with E-state index in [-0.39, 0.29) is 31.2 Å². The highest BCUT2D eigenvalue weighted by Gasteiger charge is 2.37. The fourth-order valence-electron chi connectivity index (χ4n) is 3.04. The summed E-state index contributed by atoms with van der Waals surface area (Å²) in [5, 5.41) is 5.48. The van der Waals surface area contributed by atoms with Gasteiger partial charge in [0.15, 0.2) is 0 Å². The second kappa shape index (κ2) is 9.03. The number of urea groups is 1. The van der Waals surface area contributed by atoms with Crippen LogP contribution in [0.15, 0.2) is 54.6 Å². The van der Waals surface area contributed by atoms with Crippen molar-refractivity contribution in [2.24, 2.45) is 0 Å². The number of methoxy groups -OCH3 is 1. The smallest absolute Gasteiger partial charge is 0.325 e. The van der Waals surface area contributed by atoms with E-state index in [4.69, 9.17) is 4.74 Å². The molecule has 0 saturated carbocycles. The molecule has 2 aromatic rings. The van der Waals surface area contributed by atoms with E-state index in [0.717, 1.165) is 16.9 Å². The number of hydrogen-bond acceptors (Lipinski definition) is 4. The van der Waals surface area contributed by atoms with Crippen LogP contribution in [-0.2, 0) is 22.7 Å². The van der Waals surface area contributed by atoms with Gasteiger partial charge < -0.3 is 15.4 Å². The molecule has 1 fully saturated rings. The van der Waals surface area contributed by atoms with Crippen molar-refractivity contribution in [3.63, 3.8) is 0 Å². The van der Waals surface area contributed by atoms with Crippen LogP contribution in [0.1, 0.15) is 24.0 Å². The Morgan fingerprint density at radius 2 is 1.86 bits per heavy atom. The zero-order chi connectivity index (χ0) is 19.9. The topological polar surface area (TPSA) is 87.7 Å². The first-order valence-corrected chi connectivity index (χ1v) is 9.12. The van der Waals surface area contributed by atoms with Gasteiger partial charge in [0.1, 0.15) is 11.8 Å². The molecule has 0 bridgehead atoms. The summed E-state index contributed by atoms with van der Waals surface area (Å²) in [6, 6.07) is 15.7. The van der Waals surface area contributed by atoms with Crippen molar-refractivity contribution in [1.82, 2.24) is 15.5 Å². The first-order valence-electron chi connectivity index (χ1n) is 9.12. The van der Waals surface area contributed by atoms with Crippen molar-refractivity contribution >= 4 is 17.8 Å². The standard InChI is InChI=1S/C21H23N3O4/c1-28-17-9-5-8-16(12-17)13-22-19(25)11-10-18-20(26)24(21(27)23-18)14-15-6-3-2-4-7-15/h2-9,12,18H,10-11,13-14H2,1H3,(H,22,25)(H,23,27)/t18-/m1/s1. The van der Waals surface area contributed by atoms with Crippen LogP contribution in [0.4, 0.5) is 4.79 Å². The average Bonchev–Trinajstić information content (AvgIpc) is 2.99. The number of amides is 4. The number of carbonyl (C=O) groups is 3. The lowest BCUT2D eigenvalue weighted by molar-refractivity contribution is -0.128. The van der Waals surface area contributed by atoms with Gasteiger partial charge in [-0.3, -0.25) is 14.5 Å². The maximum Gasteiger partial charge on any atom is 0.325 e. The normalized spacial score (nSPS) is 16.0. The molecular weight excluding hydrogens is 358 g/mol. The third kappa shape index (κ3) is 4.88. The van der Waals surface area contributed by atoms with Crippen molar-refractivity contribution in [1.29, 1.82) is 0 Å². The predicted molar refractivity (Wildman–Crippen MR) is 103 cm³/mol. The van der Waals surface area contributed by atoms with Crippen LogP contribution in [-0.4, -0.2) is 35.9 Å². The van der Waals surface area contributed by atoms with Gasteiger partial charge in [0.2, 0.25) is 5.91 Å². The second-order valence-electron chi connectivity index (χ2n) is 6.58. The Morgan fingerprint density at radius 1 is 1.11 bits per heavy atom. The Labute approximate surface area is 163 Å². The second-order valence-corrected chi connectivity index (χ2v) is 6.58. The maximum absolute atomic E-state index is 12.5. The van der Waals surface area contributed by atoms with Crippen LogP contribution in [0.3, 0.4) is 0 Å². The van der Waals surface area contributed by atoms with Crippen molar-refractivity contribution < 1.29 is 19.1 Å². The fourth-order valence-corrected chi connectivity index (χ4v) is 3.04. The zero-order valence-corrected chi connectivity index (χ0v) is 15.7. The highest BCUT2D eigenvalue weighted by molar-refractivity contribution is 6.04. The van der Waals surface area contributed by atoms with Crippen LogP contribution in [0.25, 0.3) is 0 Å². The van der Waals surface area contributed by atoms with Crippen molar-refractivity contribution in [3.05, 3.63) is 65.7 Å². The lowest BCUT2D eigenvalue weighted by Gasteiger charge is -2.13. The summed E-state index contributed by atoms with van der Waals surface area (Å²) in [7, 11) is 1.59. The molecule has 2 aromatic carbocycles. The third-order valence-electron chi connectivity index (χ3n) is 4.57. The van der Waals surface area contributed by atoms with E-state index >= 15 is 0 Å². The van der Waals surface area contributed by atoms with Crippen molar-refractivity contribution in [3.8, 4) is 5.75 Å². The Bertz CT molecular complexity index is 854. The number of hydrogen-bond donors (Lipinski definition) is 2. The number of rotatable bonds is 8. The van der Waals surface area contributed by atoms with E-state index in [0.29, 0.717) is 6.54 Å². The molecule has 0 spiro atoms. The van der Waals surface area contributed by atoms with Crippen LogP contribution in [0.5, 0.6) is 5.75 Å². The third-order valence-corrected chi connectivity index (χ3v) is 4.57. The monoisotopic (exact) mass is 381 g/mol. The number of benzene rings is 2. The van der Waals surface area contributed by atoms with Crippen LogP contribution in [0.2, 0.25) is 0 Å². The van der Waals surface area contributed by atoms with Gasteiger partial charge in [-0.25, -0.2) is 4.79 Å². The fraction of sp³-hybridized carbons (Fsp3) is 0.286. The first kappa shape index (κ1) is 19.4. The van der Waals surface area contributed by atoms with E-state index in [9.17, 15) is 14.4 Å². The van der Waals surface area contributed by atoms with Gasteiger partial charge in [0.05, 0.1) is 13.7 Å². The summed E-state index contributed by atoms with van der Waals surface area (Å²) in [4.78, 5) is 37.9. The summed E-state index contributed by atoms with van der Waals surface area (Å²) in [6.45, 7) is 0.602. The maximum atomic E-state index is 12.5. The quantitative estimate of drug-likeness (QED) is 0.687. The average molecular weight is 381 g/mol. The molecule has 0 unspecified atom stereocenters. The van der Waals surface area contributed by atoms with Crippen molar-refractivity contribution in [2.45, 2.75) is 32.0 Å². The molecule has 1 aliphatic rings. The number of nitrogens with zero attached hydrogens (tertiary/aromatic N) is 1. The van der Waals surface area contributed by atoms with Crippen LogP contribution in [0, 0.1) is 0 Å². The van der Waals surface area contributed by atoms with E-state index in [1.54, 1.807) is 7.11 Å². The molecule has 0 radical (unpaired) electrons. The van der Waals surface area contributed by atoms with Crippen molar-refractivity contribution in [2.75, 3.05) is 7.11 Å². The summed E-state index contributed by atoms with van der Waals surface area (Å²) in [6.07, 6.45) is 0.416. The minimum Gasteiger partial charge on any atom is -0.497 e. The molecule has 1 heterocycles. The molecule has 7 nitrogen and oxygen atoms in total. The Morgan fingerprint density at radius 3 is 2.61 bits per heavy atom. The Balaban J connectivity index is 1.47. The van der Waals surface area contributed by atoms with Gasteiger partial charge in [-0.2, -0.15) is 0 Å². The minimum absolute atomic E-state index is 0.153. The van der Waals surface area contributed by atoms with Crippen LogP contribution >= 0.6 is 0 Å². The van der Waals surface area contributed by atoms with E-state index in [2.05, 4.69) is 10.6 Å². The summed E-state index contributed by atoms with van der Waals surface area (Å²) >= 11 is 0. The lowest BCUT2D eigenvalue weighted by atomic mass is 10.1. The molecule has 0 aromatic heterocycles. The minimum atomic E-state index is -0.668. The molecule has 7 heteroatoms. The van der Waals surface area contributed by atoms with E-state index < -0.39 is 12.1 Å². The highest BCUT2D eigenvalue weighted by atomic mass is 16.5. The molecule has 3 rings (SSSR count). The number of imide groups is 1. The molecule has 2 N–H and O–H groups in total. The molecule has 1 saturated heterocycles. The van der Waals surface area contributed by atoms with Gasteiger partial charge in [0, 0.05) is 13.0 Å². The summed E-state index contributed by atoms with van der Waals surface area (Å²) < 4.78 is 5.16. The molecule has 146 valence electrons. The predicted octanol–water partition coefficient (Wildman–Crippen LogP) is 2.21. The Kier molecular flexibility index (Phi) is 6.26. The van der Waals surface area contributed by atoms with Gasteiger partial charge in [-0.05, 0) is 29.7 Å². The largest absolute Gasteiger partial charge is 0.497 e. The summed E-state index contributed by atoms with van der Waals surface area (Å²) in [5.74, 6) is 0.255. The van der Waals surface area contributed by atoms with Gasteiger partial charge in [-0.15, -0.1) is 0 Å². The molecule has 0 aliphatic carbocycles. The number of ether oxygens (including phenoxy) is 1. The first-order chi connectivity index (χ1) is 13.6. The van der Waals surface area contributed by atoms with Gasteiger partial charge >= 0.3 is 6.03 Å². The van der Waals surface area contributed by atoms with Gasteiger partial charge in [0.25, 0.3) is 5.91 Å². The Hall–Kier alpha value is -3.35. The van der Waals surface area contributed by atoms with E-state index in [1.807, 2.05) is 54.6 Å². The highest BCUT2D eigenvalue weighted by Crippen LogP contribution is 2.15. The summed E-state index contributed by atoms with van der Waals surface area (Å²) in [5.41, 5.74) is 1.80. The van der Waals surface area contributed by atoms with Gasteiger partial charge in [-0.1, -0.05) is 42.5 Å². The molecule has 4 amide bonds. The molecular formula is C21H23N3O4. The number of nitrogens with one attached hydrogen (secondary N) is 2. The molecule has 1 aliphatic heterocycles. The zero-order valence-electron chi connectivity index (χ0n) is 15.7. The van der Waals surface area contributed by atoms with E-state index in [1.165, 1.54) is 4.90 Å².